The van der Waals surface area contributed by atoms with Crippen molar-refractivity contribution in [1.82, 2.24) is 15.0 Å². The summed E-state index contributed by atoms with van der Waals surface area (Å²) in [7, 11) is 0. The van der Waals surface area contributed by atoms with Gasteiger partial charge in [0.25, 0.3) is 5.56 Å². The van der Waals surface area contributed by atoms with E-state index < -0.39 is 23.2 Å². The Hall–Kier alpha value is -4.53. The second-order valence-corrected chi connectivity index (χ2v) is 7.27. The molecule has 0 atom stereocenters. The number of rotatable bonds is 4. The number of carbonyl (C=O) groups is 2. The van der Waals surface area contributed by atoms with E-state index in [2.05, 4.69) is 20.3 Å². The molecule has 2 aromatic carbocycles. The van der Waals surface area contributed by atoms with E-state index in [1.165, 1.54) is 12.3 Å². The Kier molecular flexibility index (Phi) is 4.63. The lowest BCUT2D eigenvalue weighted by Gasteiger charge is -2.14. The topological polar surface area (TPSA) is 134 Å². The number of pyridine rings is 1. The monoisotopic (exact) mass is 428 g/mol. The van der Waals surface area contributed by atoms with Gasteiger partial charge in [0, 0.05) is 17.5 Å². The van der Waals surface area contributed by atoms with Crippen LogP contribution in [-0.2, 0) is 4.74 Å². The summed E-state index contributed by atoms with van der Waals surface area (Å²) in [5, 5.41) is 11.8. The minimum Gasteiger partial charge on any atom is -0.477 e. The van der Waals surface area contributed by atoms with Crippen molar-refractivity contribution in [3.8, 4) is 11.1 Å². The van der Waals surface area contributed by atoms with Gasteiger partial charge >= 0.3 is 12.1 Å². The fourth-order valence-corrected chi connectivity index (χ4v) is 3.94. The number of H-pyrrole nitrogens is 1. The molecule has 3 N–H and O–H groups in total. The van der Waals surface area contributed by atoms with E-state index in [1.807, 2.05) is 48.5 Å². The normalized spacial score (nSPS) is 12.2. The third kappa shape index (κ3) is 3.35. The number of benzene rings is 2. The van der Waals surface area contributed by atoms with Gasteiger partial charge in [-0.1, -0.05) is 48.5 Å². The van der Waals surface area contributed by atoms with E-state index in [-0.39, 0.29) is 24.1 Å². The number of carboxylic acid groups (broad SMARTS) is 1. The number of aromatic carboxylic acids is 1. The molecule has 2 aromatic heterocycles. The molecule has 0 unspecified atom stereocenters. The zero-order chi connectivity index (χ0) is 22.2. The van der Waals surface area contributed by atoms with E-state index in [1.54, 1.807) is 0 Å². The molecule has 1 aliphatic carbocycles. The number of carbonyl (C=O) groups excluding carboxylic acids is 1. The Labute approximate surface area is 180 Å². The molecule has 0 saturated heterocycles. The first-order valence-electron chi connectivity index (χ1n) is 9.76. The number of carboxylic acids is 1. The van der Waals surface area contributed by atoms with Crippen LogP contribution in [0.25, 0.3) is 22.2 Å². The summed E-state index contributed by atoms with van der Waals surface area (Å²) in [5.74, 6) is -1.51. The molecule has 5 rings (SSSR count). The molecule has 0 aliphatic heterocycles. The average molecular weight is 428 g/mol. The van der Waals surface area contributed by atoms with Gasteiger partial charge < -0.3 is 14.8 Å². The number of aromatic nitrogens is 3. The van der Waals surface area contributed by atoms with Crippen LogP contribution in [-0.4, -0.2) is 38.7 Å². The van der Waals surface area contributed by atoms with Gasteiger partial charge in [-0.15, -0.1) is 0 Å². The lowest BCUT2D eigenvalue weighted by molar-refractivity contribution is 0.0695. The number of nitrogens with zero attached hydrogens (tertiary/aromatic N) is 2. The fourth-order valence-electron chi connectivity index (χ4n) is 3.94. The molecular weight excluding hydrogens is 412 g/mol. The van der Waals surface area contributed by atoms with Gasteiger partial charge in [-0.3, -0.25) is 10.1 Å². The highest BCUT2D eigenvalue weighted by Crippen LogP contribution is 2.44. The van der Waals surface area contributed by atoms with Crippen LogP contribution >= 0.6 is 0 Å². The van der Waals surface area contributed by atoms with Crippen LogP contribution in [0, 0.1) is 0 Å². The first-order valence-corrected chi connectivity index (χ1v) is 9.76. The summed E-state index contributed by atoms with van der Waals surface area (Å²) in [4.78, 5) is 45.7. The number of anilines is 1. The molecule has 158 valence electrons. The Bertz CT molecular complexity index is 1400. The first-order chi connectivity index (χ1) is 15.5. The number of amides is 1. The van der Waals surface area contributed by atoms with Crippen LogP contribution in [0.2, 0.25) is 0 Å². The van der Waals surface area contributed by atoms with Crippen LogP contribution in [0.1, 0.15) is 27.4 Å². The molecule has 0 saturated carbocycles. The minimum absolute atomic E-state index is 0.0755. The van der Waals surface area contributed by atoms with Crippen LogP contribution in [0.3, 0.4) is 0 Å². The molecule has 0 radical (unpaired) electrons. The molecule has 0 spiro atoms. The molecule has 4 aromatic rings. The molecule has 1 amide bonds. The third-order valence-corrected chi connectivity index (χ3v) is 5.38. The van der Waals surface area contributed by atoms with Gasteiger partial charge in [-0.05, 0) is 28.3 Å². The van der Waals surface area contributed by atoms with Crippen LogP contribution < -0.4 is 10.9 Å². The Balaban J connectivity index is 1.32. The maximum atomic E-state index is 12.4. The van der Waals surface area contributed by atoms with Crippen molar-refractivity contribution >= 4 is 29.0 Å². The predicted octanol–water partition coefficient (Wildman–Crippen LogP) is 3.38. The third-order valence-electron chi connectivity index (χ3n) is 5.38. The standard InChI is InChI=1S/C23H16N4O5/c28-20-17(21(29)30)9-12-10-24-22(26-19(12)25-20)27-23(31)32-11-18-15-7-3-1-5-13(15)14-6-2-4-8-16(14)18/h1-10,18H,11H2,(H,29,30)(H2,24,25,26,27,28,31). The van der Waals surface area contributed by atoms with Crippen molar-refractivity contribution in [3.05, 3.63) is 87.8 Å². The lowest BCUT2D eigenvalue weighted by Crippen LogP contribution is -2.20. The van der Waals surface area contributed by atoms with Crippen molar-refractivity contribution in [2.75, 3.05) is 11.9 Å². The van der Waals surface area contributed by atoms with Gasteiger partial charge in [-0.25, -0.2) is 14.6 Å². The summed E-state index contributed by atoms with van der Waals surface area (Å²) < 4.78 is 5.45. The summed E-state index contributed by atoms with van der Waals surface area (Å²) in [6.45, 7) is 0.131. The quantitative estimate of drug-likeness (QED) is 0.454. The summed E-state index contributed by atoms with van der Waals surface area (Å²) in [6.07, 6.45) is 0.569. The molecule has 0 fully saturated rings. The Morgan fingerprint density at radius 1 is 1.06 bits per heavy atom. The van der Waals surface area contributed by atoms with Crippen LogP contribution in [0.5, 0.6) is 0 Å². The van der Waals surface area contributed by atoms with Crippen molar-refractivity contribution in [3.63, 3.8) is 0 Å². The number of fused-ring (bicyclic) bond motifs is 4. The van der Waals surface area contributed by atoms with Crippen LogP contribution in [0.15, 0.2) is 65.6 Å². The molecule has 0 bridgehead atoms. The molecule has 9 nitrogen and oxygen atoms in total. The highest BCUT2D eigenvalue weighted by atomic mass is 16.5. The highest BCUT2D eigenvalue weighted by Gasteiger charge is 2.29. The van der Waals surface area contributed by atoms with E-state index in [0.717, 1.165) is 22.3 Å². The molecule has 1 aliphatic rings. The van der Waals surface area contributed by atoms with Crippen molar-refractivity contribution in [1.29, 1.82) is 0 Å². The number of aromatic amines is 1. The van der Waals surface area contributed by atoms with Crippen LogP contribution in [0.4, 0.5) is 10.7 Å². The fraction of sp³-hybridized carbons (Fsp3) is 0.0870. The zero-order valence-electron chi connectivity index (χ0n) is 16.5. The van der Waals surface area contributed by atoms with E-state index >= 15 is 0 Å². The van der Waals surface area contributed by atoms with Gasteiger partial charge in [-0.2, -0.15) is 4.98 Å². The summed E-state index contributed by atoms with van der Waals surface area (Å²) in [5.41, 5.74) is 3.32. The Morgan fingerprint density at radius 2 is 1.72 bits per heavy atom. The molecule has 2 heterocycles. The van der Waals surface area contributed by atoms with Gasteiger partial charge in [0.2, 0.25) is 5.95 Å². The van der Waals surface area contributed by atoms with Crippen molar-refractivity contribution in [2.24, 2.45) is 0 Å². The number of ether oxygens (including phenoxy) is 1. The summed E-state index contributed by atoms with van der Waals surface area (Å²) in [6, 6.07) is 17.2. The predicted molar refractivity (Wildman–Crippen MR) is 116 cm³/mol. The largest absolute Gasteiger partial charge is 0.477 e. The first kappa shape index (κ1) is 19.4. The van der Waals surface area contributed by atoms with Gasteiger partial charge in [0.05, 0.1) is 0 Å². The average Bonchev–Trinajstić information content (AvgIpc) is 3.11. The Morgan fingerprint density at radius 3 is 2.38 bits per heavy atom. The lowest BCUT2D eigenvalue weighted by atomic mass is 9.98. The summed E-state index contributed by atoms with van der Waals surface area (Å²) >= 11 is 0. The van der Waals surface area contributed by atoms with Gasteiger partial charge in [0.1, 0.15) is 17.8 Å². The van der Waals surface area contributed by atoms with E-state index in [4.69, 9.17) is 9.84 Å². The van der Waals surface area contributed by atoms with E-state index in [9.17, 15) is 14.4 Å². The zero-order valence-corrected chi connectivity index (χ0v) is 16.5. The maximum Gasteiger partial charge on any atom is 0.414 e. The number of hydrogen-bond donors (Lipinski definition) is 3. The number of nitrogens with one attached hydrogen (secondary N) is 2. The minimum atomic E-state index is -1.35. The number of hydrogen-bond acceptors (Lipinski definition) is 6. The second-order valence-electron chi connectivity index (χ2n) is 7.27. The highest BCUT2D eigenvalue weighted by molar-refractivity contribution is 5.92. The maximum absolute atomic E-state index is 12.4. The molecule has 32 heavy (non-hydrogen) atoms. The smallest absolute Gasteiger partial charge is 0.414 e. The van der Waals surface area contributed by atoms with Crippen molar-refractivity contribution < 1.29 is 19.4 Å². The SMILES string of the molecule is O=C(Nc1ncc2cc(C(=O)O)c(=O)[nH]c2n1)OCC1c2ccccc2-c2ccccc21. The van der Waals surface area contributed by atoms with Crippen molar-refractivity contribution in [2.45, 2.75) is 5.92 Å². The van der Waals surface area contributed by atoms with E-state index in [0.29, 0.717) is 5.39 Å². The second kappa shape index (κ2) is 7.62. The molecule has 9 heteroatoms. The van der Waals surface area contributed by atoms with Gasteiger partial charge in [0.15, 0.2) is 0 Å². The molecular formula is C23H16N4O5.